The first-order chi connectivity index (χ1) is 9.90. The Kier molecular flexibility index (Phi) is 6.37. The molecule has 0 spiro atoms. The van der Waals surface area contributed by atoms with Crippen LogP contribution in [0.5, 0.6) is 0 Å². The molecule has 0 radical (unpaired) electrons. The molecule has 5 nitrogen and oxygen atoms in total. The number of carbonyl (C=O) groups excluding carboxylic acids is 2. The Bertz CT molecular complexity index is 472. The van der Waals surface area contributed by atoms with Crippen LogP contribution in [-0.4, -0.2) is 36.0 Å². The van der Waals surface area contributed by atoms with Crippen molar-refractivity contribution in [3.8, 4) is 0 Å². The molecule has 0 saturated heterocycles. The lowest BCUT2D eigenvalue weighted by Crippen LogP contribution is -2.54. The largest absolute Gasteiger partial charge is 0.468 e. The van der Waals surface area contributed by atoms with Crippen LogP contribution in [0.25, 0.3) is 0 Å². The van der Waals surface area contributed by atoms with Crippen molar-refractivity contribution in [2.24, 2.45) is 5.73 Å². The number of carbonyl (C=O) groups is 2. The lowest BCUT2D eigenvalue weighted by Gasteiger charge is -2.31. The van der Waals surface area contributed by atoms with Crippen LogP contribution in [-0.2, 0) is 20.9 Å². The molecule has 1 unspecified atom stereocenters. The van der Waals surface area contributed by atoms with Crippen LogP contribution in [0.4, 0.5) is 0 Å². The smallest absolute Gasteiger partial charge is 0.325 e. The maximum Gasteiger partial charge on any atom is 0.325 e. The predicted octanol–water partition coefficient (Wildman–Crippen LogP) is 1.71. The summed E-state index contributed by atoms with van der Waals surface area (Å²) in [6.07, 6.45) is 1.37. The fourth-order valence-corrected chi connectivity index (χ4v) is 2.21. The maximum atomic E-state index is 12.6. The third-order valence-corrected chi connectivity index (χ3v) is 3.31. The second kappa shape index (κ2) is 7.78. The fourth-order valence-electron chi connectivity index (χ4n) is 2.21. The monoisotopic (exact) mass is 292 g/mol. The Morgan fingerprint density at radius 2 is 1.90 bits per heavy atom. The summed E-state index contributed by atoms with van der Waals surface area (Å²) < 4.78 is 4.67. The molecule has 0 aliphatic carbocycles. The van der Waals surface area contributed by atoms with Gasteiger partial charge in [-0.25, -0.2) is 0 Å². The van der Waals surface area contributed by atoms with Crippen molar-refractivity contribution < 1.29 is 14.3 Å². The number of hydrogen-bond donors (Lipinski definition) is 1. The van der Waals surface area contributed by atoms with E-state index >= 15 is 0 Å². The van der Waals surface area contributed by atoms with Gasteiger partial charge in [0, 0.05) is 6.54 Å². The van der Waals surface area contributed by atoms with Gasteiger partial charge in [0.05, 0.1) is 12.6 Å². The van der Waals surface area contributed by atoms with Gasteiger partial charge in [-0.3, -0.25) is 9.59 Å². The maximum absolute atomic E-state index is 12.6. The van der Waals surface area contributed by atoms with Gasteiger partial charge in [-0.1, -0.05) is 43.7 Å². The number of hydrogen-bond acceptors (Lipinski definition) is 4. The normalized spacial score (nSPS) is 13.3. The van der Waals surface area contributed by atoms with Gasteiger partial charge < -0.3 is 15.4 Å². The van der Waals surface area contributed by atoms with Crippen LogP contribution >= 0.6 is 0 Å². The highest BCUT2D eigenvalue weighted by Gasteiger charge is 2.32. The minimum absolute atomic E-state index is 0.0965. The minimum Gasteiger partial charge on any atom is -0.468 e. The molecule has 1 amide bonds. The first-order valence-corrected chi connectivity index (χ1v) is 7.09. The lowest BCUT2D eigenvalue weighted by atomic mass is 9.95. The van der Waals surface area contributed by atoms with E-state index in [1.54, 1.807) is 6.92 Å². The van der Waals surface area contributed by atoms with E-state index in [-0.39, 0.29) is 12.5 Å². The van der Waals surface area contributed by atoms with Crippen molar-refractivity contribution in [2.45, 2.75) is 38.8 Å². The van der Waals surface area contributed by atoms with Gasteiger partial charge in [-0.15, -0.1) is 0 Å². The Morgan fingerprint density at radius 3 is 2.43 bits per heavy atom. The number of amides is 1. The average Bonchev–Trinajstić information content (AvgIpc) is 2.46. The van der Waals surface area contributed by atoms with E-state index < -0.39 is 11.5 Å². The lowest BCUT2D eigenvalue weighted by molar-refractivity contribution is -0.149. The molecular weight excluding hydrogens is 268 g/mol. The second-order valence-electron chi connectivity index (χ2n) is 5.39. The third kappa shape index (κ3) is 5.19. The standard InChI is InChI=1S/C16H24N2O3/c1-4-10-16(2,17)15(20)18(12-14(19)21-3)11-13-8-6-5-7-9-13/h5-9H,4,10-12,17H2,1-3H3. The number of nitrogens with zero attached hydrogens (tertiary/aromatic N) is 1. The highest BCUT2D eigenvalue weighted by atomic mass is 16.5. The molecule has 116 valence electrons. The summed E-state index contributed by atoms with van der Waals surface area (Å²) in [5, 5.41) is 0. The van der Waals surface area contributed by atoms with Crippen molar-refractivity contribution in [1.29, 1.82) is 0 Å². The number of rotatable bonds is 7. The topological polar surface area (TPSA) is 72.6 Å². The first kappa shape index (κ1) is 17.2. The van der Waals surface area contributed by atoms with Gasteiger partial charge in [0.25, 0.3) is 0 Å². The fraction of sp³-hybridized carbons (Fsp3) is 0.500. The summed E-state index contributed by atoms with van der Waals surface area (Å²) in [7, 11) is 1.31. The van der Waals surface area contributed by atoms with E-state index in [0.717, 1.165) is 12.0 Å². The number of ether oxygens (including phenoxy) is 1. The van der Waals surface area contributed by atoms with E-state index in [1.165, 1.54) is 12.0 Å². The summed E-state index contributed by atoms with van der Waals surface area (Å²) in [6.45, 7) is 3.92. The zero-order chi connectivity index (χ0) is 15.9. The van der Waals surface area contributed by atoms with E-state index in [4.69, 9.17) is 5.73 Å². The van der Waals surface area contributed by atoms with Crippen molar-refractivity contribution in [2.75, 3.05) is 13.7 Å². The zero-order valence-electron chi connectivity index (χ0n) is 13.0. The summed E-state index contributed by atoms with van der Waals surface area (Å²) in [4.78, 5) is 25.6. The molecule has 2 N–H and O–H groups in total. The van der Waals surface area contributed by atoms with Crippen molar-refractivity contribution in [1.82, 2.24) is 4.90 Å². The summed E-state index contributed by atoms with van der Waals surface area (Å²) in [6, 6.07) is 9.50. The molecule has 0 aliphatic heterocycles. The molecule has 0 heterocycles. The van der Waals surface area contributed by atoms with E-state index in [2.05, 4.69) is 4.74 Å². The average molecular weight is 292 g/mol. The number of esters is 1. The Morgan fingerprint density at radius 1 is 1.29 bits per heavy atom. The van der Waals surface area contributed by atoms with E-state index in [9.17, 15) is 9.59 Å². The molecule has 0 bridgehead atoms. The SMILES string of the molecule is CCCC(C)(N)C(=O)N(CC(=O)OC)Cc1ccccc1. The van der Waals surface area contributed by atoms with Crippen molar-refractivity contribution in [3.63, 3.8) is 0 Å². The van der Waals surface area contributed by atoms with Crippen LogP contribution < -0.4 is 5.73 Å². The number of benzene rings is 1. The highest BCUT2D eigenvalue weighted by molar-refractivity contribution is 5.88. The Hall–Kier alpha value is -1.88. The highest BCUT2D eigenvalue weighted by Crippen LogP contribution is 2.15. The second-order valence-corrected chi connectivity index (χ2v) is 5.39. The molecule has 1 aromatic rings. The van der Waals surface area contributed by atoms with Crippen molar-refractivity contribution >= 4 is 11.9 Å². The predicted molar refractivity (Wildman–Crippen MR) is 81.4 cm³/mol. The molecule has 0 saturated carbocycles. The third-order valence-electron chi connectivity index (χ3n) is 3.31. The Labute approximate surface area is 126 Å². The van der Waals surface area contributed by atoms with Crippen LogP contribution in [0.1, 0.15) is 32.3 Å². The van der Waals surface area contributed by atoms with Crippen LogP contribution in [0.3, 0.4) is 0 Å². The molecular formula is C16H24N2O3. The van der Waals surface area contributed by atoms with Gasteiger partial charge in [0.1, 0.15) is 6.54 Å². The van der Waals surface area contributed by atoms with E-state index in [1.807, 2.05) is 37.3 Å². The first-order valence-electron chi connectivity index (χ1n) is 7.09. The Balaban J connectivity index is 2.91. The van der Waals surface area contributed by atoms with Crippen LogP contribution in [0.15, 0.2) is 30.3 Å². The quantitative estimate of drug-likeness (QED) is 0.776. The molecule has 1 rings (SSSR count). The molecule has 0 aliphatic rings. The molecule has 1 aromatic carbocycles. The molecule has 5 heteroatoms. The summed E-state index contributed by atoms with van der Waals surface area (Å²) in [5.41, 5.74) is 6.07. The molecule has 21 heavy (non-hydrogen) atoms. The molecule has 1 atom stereocenters. The number of nitrogens with two attached hydrogens (primary N) is 1. The minimum atomic E-state index is -0.975. The van der Waals surface area contributed by atoms with Crippen molar-refractivity contribution in [3.05, 3.63) is 35.9 Å². The van der Waals surface area contributed by atoms with Gasteiger partial charge in [-0.05, 0) is 18.9 Å². The van der Waals surface area contributed by atoms with Gasteiger partial charge in [0.15, 0.2) is 0 Å². The molecule has 0 aromatic heterocycles. The summed E-state index contributed by atoms with van der Waals surface area (Å²) >= 11 is 0. The summed E-state index contributed by atoms with van der Waals surface area (Å²) in [5.74, 6) is -0.690. The zero-order valence-corrected chi connectivity index (χ0v) is 13.0. The van der Waals surface area contributed by atoms with Gasteiger partial charge in [0.2, 0.25) is 5.91 Å². The van der Waals surface area contributed by atoms with Crippen LogP contribution in [0, 0.1) is 0 Å². The molecule has 0 fully saturated rings. The number of methoxy groups -OCH3 is 1. The van der Waals surface area contributed by atoms with Crippen LogP contribution in [0.2, 0.25) is 0 Å². The van der Waals surface area contributed by atoms with Gasteiger partial charge >= 0.3 is 5.97 Å². The van der Waals surface area contributed by atoms with E-state index in [0.29, 0.717) is 13.0 Å². The van der Waals surface area contributed by atoms with Gasteiger partial charge in [-0.2, -0.15) is 0 Å².